The molecule has 0 spiro atoms. The van der Waals surface area contributed by atoms with Crippen molar-refractivity contribution in [2.45, 2.75) is 10.8 Å². The molecular formula is C10H8ClNS. The number of thiol groups is 1. The van der Waals surface area contributed by atoms with Gasteiger partial charge in [-0.15, -0.1) is 24.2 Å². The summed E-state index contributed by atoms with van der Waals surface area (Å²) >= 11 is 10.1. The highest BCUT2D eigenvalue weighted by Gasteiger charge is 2.02. The fourth-order valence-corrected chi connectivity index (χ4v) is 1.82. The van der Waals surface area contributed by atoms with E-state index in [-0.39, 0.29) is 0 Å². The Labute approximate surface area is 87.2 Å². The summed E-state index contributed by atoms with van der Waals surface area (Å²) in [5.41, 5.74) is 2.02. The second-order valence-corrected chi connectivity index (χ2v) is 3.53. The van der Waals surface area contributed by atoms with Crippen molar-refractivity contribution in [1.82, 2.24) is 4.98 Å². The van der Waals surface area contributed by atoms with E-state index in [1.54, 1.807) is 6.20 Å². The van der Waals surface area contributed by atoms with Crippen molar-refractivity contribution in [2.24, 2.45) is 0 Å². The first-order chi connectivity index (χ1) is 6.33. The molecule has 1 aromatic carbocycles. The number of pyridine rings is 1. The third-order valence-electron chi connectivity index (χ3n) is 1.98. The zero-order chi connectivity index (χ0) is 9.26. The van der Waals surface area contributed by atoms with Gasteiger partial charge in [-0.1, -0.05) is 12.1 Å². The van der Waals surface area contributed by atoms with Gasteiger partial charge in [0.25, 0.3) is 0 Å². The average molecular weight is 210 g/mol. The van der Waals surface area contributed by atoms with Gasteiger partial charge in [0.1, 0.15) is 0 Å². The number of benzene rings is 1. The van der Waals surface area contributed by atoms with E-state index in [2.05, 4.69) is 17.6 Å². The lowest BCUT2D eigenvalue weighted by atomic mass is 10.1. The molecule has 0 aliphatic rings. The van der Waals surface area contributed by atoms with E-state index >= 15 is 0 Å². The average Bonchev–Trinajstić information content (AvgIpc) is 2.19. The lowest BCUT2D eigenvalue weighted by Gasteiger charge is -2.03. The second-order valence-electron chi connectivity index (χ2n) is 2.78. The molecule has 0 aliphatic carbocycles. The van der Waals surface area contributed by atoms with Crippen molar-refractivity contribution < 1.29 is 0 Å². The Morgan fingerprint density at radius 3 is 2.92 bits per heavy atom. The minimum Gasteiger partial charge on any atom is -0.255 e. The van der Waals surface area contributed by atoms with Crippen molar-refractivity contribution >= 4 is 35.1 Å². The normalized spacial score (nSPS) is 10.6. The van der Waals surface area contributed by atoms with Gasteiger partial charge in [-0.2, -0.15) is 0 Å². The number of nitrogens with zero attached hydrogens (tertiary/aromatic N) is 1. The van der Waals surface area contributed by atoms with Crippen molar-refractivity contribution in [3.8, 4) is 0 Å². The van der Waals surface area contributed by atoms with Gasteiger partial charge in [-0.25, -0.2) is 0 Å². The summed E-state index contributed by atoms with van der Waals surface area (Å²) in [4.78, 5) is 5.15. The molecule has 0 aliphatic heterocycles. The van der Waals surface area contributed by atoms with Crippen LogP contribution in [0.5, 0.6) is 0 Å². The van der Waals surface area contributed by atoms with E-state index in [1.807, 2.05) is 24.3 Å². The summed E-state index contributed by atoms with van der Waals surface area (Å²) in [5, 5.41) is 1.09. The molecule has 1 nitrogen and oxygen atoms in total. The Bertz CT molecular complexity index is 442. The zero-order valence-electron chi connectivity index (χ0n) is 6.87. The molecule has 0 N–H and O–H groups in total. The van der Waals surface area contributed by atoms with Gasteiger partial charge in [-0.05, 0) is 17.7 Å². The number of alkyl halides is 1. The molecule has 66 valence electrons. The smallest absolute Gasteiger partial charge is 0.0838 e. The van der Waals surface area contributed by atoms with Crippen molar-refractivity contribution in [1.29, 1.82) is 0 Å². The molecule has 0 unspecified atom stereocenters. The summed E-state index contributed by atoms with van der Waals surface area (Å²) < 4.78 is 0. The van der Waals surface area contributed by atoms with E-state index in [4.69, 9.17) is 11.6 Å². The molecule has 0 amide bonds. The number of hydrogen-bond donors (Lipinski definition) is 1. The van der Waals surface area contributed by atoms with Gasteiger partial charge < -0.3 is 0 Å². The van der Waals surface area contributed by atoms with Crippen LogP contribution in [0.2, 0.25) is 0 Å². The maximum Gasteiger partial charge on any atom is 0.0838 e. The Kier molecular flexibility index (Phi) is 2.42. The Hall–Kier alpha value is -0.730. The second kappa shape index (κ2) is 3.56. The lowest BCUT2D eigenvalue weighted by molar-refractivity contribution is 1.32. The van der Waals surface area contributed by atoms with Crippen molar-refractivity contribution in [3.05, 3.63) is 36.0 Å². The number of fused-ring (bicyclic) bond motifs is 1. The monoisotopic (exact) mass is 209 g/mol. The predicted molar refractivity (Wildman–Crippen MR) is 58.6 cm³/mol. The summed E-state index contributed by atoms with van der Waals surface area (Å²) in [7, 11) is 0. The Morgan fingerprint density at radius 1 is 1.31 bits per heavy atom. The first kappa shape index (κ1) is 8.85. The van der Waals surface area contributed by atoms with Gasteiger partial charge in [0.05, 0.1) is 5.52 Å². The van der Waals surface area contributed by atoms with Crippen LogP contribution in [0.3, 0.4) is 0 Å². The molecule has 13 heavy (non-hydrogen) atoms. The van der Waals surface area contributed by atoms with Crippen LogP contribution in [-0.4, -0.2) is 4.98 Å². The highest BCUT2D eigenvalue weighted by molar-refractivity contribution is 7.80. The molecule has 2 rings (SSSR count). The van der Waals surface area contributed by atoms with Crippen LogP contribution in [0, 0.1) is 0 Å². The van der Waals surface area contributed by atoms with Gasteiger partial charge >= 0.3 is 0 Å². The molecular weight excluding hydrogens is 202 g/mol. The number of halogens is 1. The molecule has 0 atom stereocenters. The van der Waals surface area contributed by atoms with Gasteiger partial charge in [-0.3, -0.25) is 4.98 Å². The number of rotatable bonds is 1. The fourth-order valence-electron chi connectivity index (χ4n) is 1.33. The summed E-state index contributed by atoms with van der Waals surface area (Å²) in [6, 6.07) is 7.83. The minimum atomic E-state index is 0.510. The molecule has 0 radical (unpaired) electrons. The third-order valence-corrected chi connectivity index (χ3v) is 2.63. The van der Waals surface area contributed by atoms with E-state index in [0.717, 1.165) is 21.4 Å². The highest BCUT2D eigenvalue weighted by Crippen LogP contribution is 2.24. The van der Waals surface area contributed by atoms with E-state index in [0.29, 0.717) is 5.88 Å². The summed E-state index contributed by atoms with van der Waals surface area (Å²) in [5.74, 6) is 0.510. The van der Waals surface area contributed by atoms with Crippen molar-refractivity contribution in [3.63, 3.8) is 0 Å². The summed E-state index contributed by atoms with van der Waals surface area (Å²) in [6.07, 6.45) is 1.76. The molecule has 0 fully saturated rings. The van der Waals surface area contributed by atoms with Crippen LogP contribution in [0.1, 0.15) is 5.56 Å². The predicted octanol–water partition coefficient (Wildman–Crippen LogP) is 3.26. The van der Waals surface area contributed by atoms with Crippen molar-refractivity contribution in [2.75, 3.05) is 0 Å². The Morgan fingerprint density at radius 2 is 2.15 bits per heavy atom. The number of aromatic nitrogens is 1. The first-order valence-electron chi connectivity index (χ1n) is 3.94. The van der Waals surface area contributed by atoms with Crippen LogP contribution < -0.4 is 0 Å². The Balaban J connectivity index is 2.84. The van der Waals surface area contributed by atoms with E-state index in [9.17, 15) is 0 Å². The fraction of sp³-hybridized carbons (Fsp3) is 0.100. The number of hydrogen-bond acceptors (Lipinski definition) is 2. The van der Waals surface area contributed by atoms with Crippen LogP contribution in [-0.2, 0) is 5.88 Å². The molecule has 0 saturated heterocycles. The zero-order valence-corrected chi connectivity index (χ0v) is 8.52. The topological polar surface area (TPSA) is 12.9 Å². The van der Waals surface area contributed by atoms with E-state index in [1.165, 1.54) is 0 Å². The van der Waals surface area contributed by atoms with Crippen LogP contribution >= 0.6 is 24.2 Å². The molecule has 1 heterocycles. The SMILES string of the molecule is Sc1ccc(CCl)c2cccnc12. The van der Waals surface area contributed by atoms with Crippen LogP contribution in [0.4, 0.5) is 0 Å². The first-order valence-corrected chi connectivity index (χ1v) is 4.92. The largest absolute Gasteiger partial charge is 0.255 e. The van der Waals surface area contributed by atoms with Crippen LogP contribution in [0.15, 0.2) is 35.4 Å². The lowest BCUT2D eigenvalue weighted by Crippen LogP contribution is -1.85. The van der Waals surface area contributed by atoms with Gasteiger partial charge in [0.15, 0.2) is 0 Å². The summed E-state index contributed by atoms with van der Waals surface area (Å²) in [6.45, 7) is 0. The quantitative estimate of drug-likeness (QED) is 0.562. The minimum absolute atomic E-state index is 0.510. The maximum absolute atomic E-state index is 5.81. The molecule has 2 aromatic rings. The van der Waals surface area contributed by atoms with E-state index < -0.39 is 0 Å². The highest BCUT2D eigenvalue weighted by atomic mass is 35.5. The van der Waals surface area contributed by atoms with Gasteiger partial charge in [0.2, 0.25) is 0 Å². The molecule has 1 aromatic heterocycles. The molecule has 0 bridgehead atoms. The van der Waals surface area contributed by atoms with Crippen LogP contribution in [0.25, 0.3) is 10.9 Å². The van der Waals surface area contributed by atoms with Gasteiger partial charge in [0, 0.05) is 22.4 Å². The molecule has 3 heteroatoms. The standard InChI is InChI=1S/C10H8ClNS/c11-6-7-3-4-9(13)10-8(7)2-1-5-12-10/h1-5,13H,6H2. The maximum atomic E-state index is 5.81. The molecule has 0 saturated carbocycles. The third kappa shape index (κ3) is 1.52.